The van der Waals surface area contributed by atoms with Crippen molar-refractivity contribution in [2.75, 3.05) is 0 Å². The van der Waals surface area contributed by atoms with E-state index in [0.29, 0.717) is 0 Å². The SMILES string of the molecule is Fc1ccc(-c2cocn2)cc1. The van der Waals surface area contributed by atoms with E-state index in [1.54, 1.807) is 12.1 Å². The molecule has 12 heavy (non-hydrogen) atoms. The molecule has 3 heteroatoms. The fourth-order valence-corrected chi connectivity index (χ4v) is 0.976. The molecule has 0 saturated heterocycles. The van der Waals surface area contributed by atoms with Crippen molar-refractivity contribution in [1.82, 2.24) is 4.98 Å². The number of nitrogens with zero attached hydrogens (tertiary/aromatic N) is 1. The Balaban J connectivity index is 2.43. The summed E-state index contributed by atoms with van der Waals surface area (Å²) in [5, 5.41) is 0. The van der Waals surface area contributed by atoms with Gasteiger partial charge in [0.25, 0.3) is 0 Å². The zero-order chi connectivity index (χ0) is 8.39. The zero-order valence-corrected chi connectivity index (χ0v) is 6.20. The molecule has 0 spiro atoms. The van der Waals surface area contributed by atoms with Crippen LogP contribution in [0.2, 0.25) is 0 Å². The highest BCUT2D eigenvalue weighted by molar-refractivity contribution is 5.56. The summed E-state index contributed by atoms with van der Waals surface area (Å²) >= 11 is 0. The largest absolute Gasteiger partial charge is 0.451 e. The van der Waals surface area contributed by atoms with E-state index in [1.165, 1.54) is 24.8 Å². The third kappa shape index (κ3) is 1.21. The molecule has 0 bridgehead atoms. The lowest BCUT2D eigenvalue weighted by Crippen LogP contribution is -1.77. The first-order chi connectivity index (χ1) is 5.86. The van der Waals surface area contributed by atoms with E-state index in [9.17, 15) is 4.39 Å². The van der Waals surface area contributed by atoms with Crippen LogP contribution in [0.1, 0.15) is 0 Å². The topological polar surface area (TPSA) is 26.0 Å². The van der Waals surface area contributed by atoms with Gasteiger partial charge in [-0.15, -0.1) is 0 Å². The van der Waals surface area contributed by atoms with E-state index in [-0.39, 0.29) is 5.82 Å². The predicted octanol–water partition coefficient (Wildman–Crippen LogP) is 2.48. The van der Waals surface area contributed by atoms with Gasteiger partial charge < -0.3 is 4.42 Å². The second-order valence-electron chi connectivity index (χ2n) is 2.38. The molecule has 0 atom stereocenters. The second-order valence-corrected chi connectivity index (χ2v) is 2.38. The van der Waals surface area contributed by atoms with Gasteiger partial charge >= 0.3 is 0 Å². The molecule has 2 rings (SSSR count). The molecule has 0 unspecified atom stereocenters. The smallest absolute Gasteiger partial charge is 0.181 e. The molecule has 0 aliphatic heterocycles. The molecule has 0 N–H and O–H groups in total. The third-order valence-corrected chi connectivity index (χ3v) is 1.57. The second kappa shape index (κ2) is 2.77. The van der Waals surface area contributed by atoms with Gasteiger partial charge in [0.15, 0.2) is 6.39 Å². The molecular formula is C9H6FNO. The molecule has 60 valence electrons. The van der Waals surface area contributed by atoms with Gasteiger partial charge in [0, 0.05) is 5.56 Å². The zero-order valence-electron chi connectivity index (χ0n) is 6.20. The predicted molar refractivity (Wildman–Crippen MR) is 41.9 cm³/mol. The Labute approximate surface area is 68.7 Å². The molecule has 0 aliphatic carbocycles. The molecule has 0 fully saturated rings. The number of benzene rings is 1. The van der Waals surface area contributed by atoms with E-state index in [0.717, 1.165) is 11.3 Å². The quantitative estimate of drug-likeness (QED) is 0.645. The molecule has 0 saturated carbocycles. The number of rotatable bonds is 1. The number of halogens is 1. The average Bonchev–Trinajstić information content (AvgIpc) is 2.58. The van der Waals surface area contributed by atoms with E-state index < -0.39 is 0 Å². The molecule has 1 heterocycles. The molecule has 2 nitrogen and oxygen atoms in total. The van der Waals surface area contributed by atoms with Gasteiger partial charge in [-0.25, -0.2) is 9.37 Å². The first kappa shape index (κ1) is 7.03. The van der Waals surface area contributed by atoms with Crippen LogP contribution in [0.4, 0.5) is 4.39 Å². The Morgan fingerprint density at radius 1 is 1.17 bits per heavy atom. The van der Waals surface area contributed by atoms with E-state index in [2.05, 4.69) is 4.98 Å². The molecule has 2 aromatic rings. The van der Waals surface area contributed by atoms with Crippen molar-refractivity contribution < 1.29 is 8.81 Å². The minimum absolute atomic E-state index is 0.248. The molecular weight excluding hydrogens is 157 g/mol. The van der Waals surface area contributed by atoms with Crippen molar-refractivity contribution in [1.29, 1.82) is 0 Å². The summed E-state index contributed by atoms with van der Waals surface area (Å²) in [6.07, 6.45) is 2.87. The summed E-state index contributed by atoms with van der Waals surface area (Å²) in [6, 6.07) is 6.11. The van der Waals surface area contributed by atoms with Gasteiger partial charge in [-0.3, -0.25) is 0 Å². The first-order valence-electron chi connectivity index (χ1n) is 3.50. The van der Waals surface area contributed by atoms with E-state index in [4.69, 9.17) is 4.42 Å². The normalized spacial score (nSPS) is 10.1. The average molecular weight is 163 g/mol. The Hall–Kier alpha value is -1.64. The lowest BCUT2D eigenvalue weighted by molar-refractivity contribution is 0.558. The van der Waals surface area contributed by atoms with Crippen LogP contribution in [0, 0.1) is 5.82 Å². The third-order valence-electron chi connectivity index (χ3n) is 1.57. The van der Waals surface area contributed by atoms with Gasteiger partial charge in [-0.05, 0) is 24.3 Å². The first-order valence-corrected chi connectivity index (χ1v) is 3.50. The number of hydrogen-bond donors (Lipinski definition) is 0. The van der Waals surface area contributed by atoms with Crippen LogP contribution in [0.25, 0.3) is 11.3 Å². The van der Waals surface area contributed by atoms with Crippen molar-refractivity contribution in [2.45, 2.75) is 0 Å². The van der Waals surface area contributed by atoms with Gasteiger partial charge in [0.05, 0.1) is 0 Å². The standard InChI is InChI=1S/C9H6FNO/c10-8-3-1-7(2-4-8)9-5-12-6-11-9/h1-6H. The molecule has 1 aromatic heterocycles. The van der Waals surface area contributed by atoms with Crippen molar-refractivity contribution in [3.05, 3.63) is 42.7 Å². The van der Waals surface area contributed by atoms with Crippen LogP contribution < -0.4 is 0 Å². The van der Waals surface area contributed by atoms with Gasteiger partial charge in [-0.2, -0.15) is 0 Å². The summed E-state index contributed by atoms with van der Waals surface area (Å²) in [5.41, 5.74) is 1.57. The van der Waals surface area contributed by atoms with Crippen LogP contribution in [-0.4, -0.2) is 4.98 Å². The number of oxazole rings is 1. The Morgan fingerprint density at radius 3 is 2.50 bits per heavy atom. The van der Waals surface area contributed by atoms with E-state index in [1.807, 2.05) is 0 Å². The van der Waals surface area contributed by atoms with Crippen LogP contribution in [0.3, 0.4) is 0 Å². The summed E-state index contributed by atoms with van der Waals surface area (Å²) in [5.74, 6) is -0.248. The molecule has 0 aliphatic rings. The number of aromatic nitrogens is 1. The minimum atomic E-state index is -0.248. The summed E-state index contributed by atoms with van der Waals surface area (Å²) in [7, 11) is 0. The maximum atomic E-state index is 12.5. The van der Waals surface area contributed by atoms with Gasteiger partial charge in [-0.1, -0.05) is 0 Å². The maximum absolute atomic E-state index is 12.5. The Morgan fingerprint density at radius 2 is 1.92 bits per heavy atom. The Bertz CT molecular complexity index is 353. The highest BCUT2D eigenvalue weighted by atomic mass is 19.1. The van der Waals surface area contributed by atoms with Crippen LogP contribution in [0.15, 0.2) is 41.3 Å². The maximum Gasteiger partial charge on any atom is 0.181 e. The Kier molecular flexibility index (Phi) is 1.63. The van der Waals surface area contributed by atoms with E-state index >= 15 is 0 Å². The van der Waals surface area contributed by atoms with Crippen LogP contribution in [-0.2, 0) is 0 Å². The lowest BCUT2D eigenvalue weighted by Gasteiger charge is -1.93. The van der Waals surface area contributed by atoms with Crippen LogP contribution in [0.5, 0.6) is 0 Å². The highest BCUT2D eigenvalue weighted by Gasteiger charge is 1.99. The monoisotopic (exact) mass is 163 g/mol. The van der Waals surface area contributed by atoms with Crippen LogP contribution >= 0.6 is 0 Å². The summed E-state index contributed by atoms with van der Waals surface area (Å²) in [6.45, 7) is 0. The number of hydrogen-bond acceptors (Lipinski definition) is 2. The van der Waals surface area contributed by atoms with Crippen molar-refractivity contribution in [3.63, 3.8) is 0 Å². The van der Waals surface area contributed by atoms with Gasteiger partial charge in [0.2, 0.25) is 0 Å². The van der Waals surface area contributed by atoms with Crippen molar-refractivity contribution >= 4 is 0 Å². The van der Waals surface area contributed by atoms with Crippen molar-refractivity contribution in [2.24, 2.45) is 0 Å². The fraction of sp³-hybridized carbons (Fsp3) is 0. The molecule has 0 amide bonds. The minimum Gasteiger partial charge on any atom is -0.451 e. The van der Waals surface area contributed by atoms with Crippen molar-refractivity contribution in [3.8, 4) is 11.3 Å². The fourth-order valence-electron chi connectivity index (χ4n) is 0.976. The molecule has 1 aromatic carbocycles. The summed E-state index contributed by atoms with van der Waals surface area (Å²) in [4.78, 5) is 3.93. The lowest BCUT2D eigenvalue weighted by atomic mass is 10.2. The highest BCUT2D eigenvalue weighted by Crippen LogP contribution is 2.16. The molecule has 0 radical (unpaired) electrons. The summed E-state index contributed by atoms with van der Waals surface area (Å²) < 4.78 is 17.3. The van der Waals surface area contributed by atoms with Gasteiger partial charge in [0.1, 0.15) is 17.8 Å².